The van der Waals surface area contributed by atoms with E-state index in [0.717, 1.165) is 6.61 Å². The fraction of sp³-hybridized carbons (Fsp3) is 0.800. The minimum atomic E-state index is 0.357. The van der Waals surface area contributed by atoms with Crippen LogP contribution in [0.15, 0.2) is 11.6 Å². The zero-order valence-electron chi connectivity index (χ0n) is 8.90. The minimum Gasteiger partial charge on any atom is -0.413 e. The molecule has 0 bridgehead atoms. The fourth-order valence-electron chi connectivity index (χ4n) is 0.518. The van der Waals surface area contributed by atoms with E-state index < -0.39 is 0 Å². The van der Waals surface area contributed by atoms with Crippen molar-refractivity contribution in [2.75, 3.05) is 6.61 Å². The molecule has 12 heavy (non-hydrogen) atoms. The van der Waals surface area contributed by atoms with Crippen LogP contribution < -0.4 is 0 Å². The van der Waals surface area contributed by atoms with E-state index in [-0.39, 0.29) is 0 Å². The summed E-state index contributed by atoms with van der Waals surface area (Å²) >= 11 is 0. The summed E-state index contributed by atoms with van der Waals surface area (Å²) in [5.74, 6) is 0. The fourth-order valence-corrected chi connectivity index (χ4v) is 1.22. The number of hydrogen-bond acceptors (Lipinski definition) is 1. The lowest BCUT2D eigenvalue weighted by Gasteiger charge is -2.19. The van der Waals surface area contributed by atoms with Gasteiger partial charge >= 0.3 is 0 Å². The standard InChI is InChI=1S/C10H20OSi/c1-6-10(4,5)12-11-8-7-9(2)3/h7H,6,8H2,1-5H3. The highest BCUT2D eigenvalue weighted by Gasteiger charge is 2.16. The van der Waals surface area contributed by atoms with E-state index in [2.05, 4.69) is 40.7 Å². The largest absolute Gasteiger partial charge is 0.413 e. The summed E-state index contributed by atoms with van der Waals surface area (Å²) in [4.78, 5) is 0. The van der Waals surface area contributed by atoms with Gasteiger partial charge in [0.15, 0.2) is 0 Å². The van der Waals surface area contributed by atoms with Gasteiger partial charge in [-0.2, -0.15) is 0 Å². The Morgan fingerprint density at radius 3 is 2.42 bits per heavy atom. The van der Waals surface area contributed by atoms with Crippen LogP contribution in [-0.2, 0) is 4.43 Å². The van der Waals surface area contributed by atoms with Gasteiger partial charge in [0.2, 0.25) is 9.76 Å². The lowest BCUT2D eigenvalue weighted by molar-refractivity contribution is 0.358. The van der Waals surface area contributed by atoms with Crippen LogP contribution in [-0.4, -0.2) is 16.4 Å². The Kier molecular flexibility index (Phi) is 5.50. The maximum atomic E-state index is 5.55. The Bertz CT molecular complexity index is 146. The summed E-state index contributed by atoms with van der Waals surface area (Å²) in [6.07, 6.45) is 3.30. The van der Waals surface area contributed by atoms with Gasteiger partial charge in [-0.05, 0) is 18.9 Å². The Labute approximate surface area is 79.1 Å². The van der Waals surface area contributed by atoms with Crippen molar-refractivity contribution in [1.82, 2.24) is 0 Å². The first kappa shape index (κ1) is 11.9. The van der Waals surface area contributed by atoms with Crippen LogP contribution >= 0.6 is 0 Å². The first-order valence-electron chi connectivity index (χ1n) is 4.50. The normalized spacial score (nSPS) is 11.4. The van der Waals surface area contributed by atoms with Gasteiger partial charge in [0.1, 0.15) is 0 Å². The highest BCUT2D eigenvalue weighted by Crippen LogP contribution is 2.26. The van der Waals surface area contributed by atoms with E-state index in [1.807, 2.05) is 0 Å². The zero-order chi connectivity index (χ0) is 9.61. The predicted molar refractivity (Wildman–Crippen MR) is 55.5 cm³/mol. The highest BCUT2D eigenvalue weighted by atomic mass is 28.2. The van der Waals surface area contributed by atoms with E-state index in [1.165, 1.54) is 12.0 Å². The number of rotatable bonds is 5. The third-order valence-electron chi connectivity index (χ3n) is 1.81. The molecule has 0 N–H and O–H groups in total. The van der Waals surface area contributed by atoms with Crippen molar-refractivity contribution >= 4 is 9.76 Å². The zero-order valence-corrected chi connectivity index (χ0v) is 9.90. The van der Waals surface area contributed by atoms with E-state index in [0.29, 0.717) is 14.8 Å². The molecule has 0 aliphatic heterocycles. The van der Waals surface area contributed by atoms with Crippen LogP contribution in [0.5, 0.6) is 0 Å². The quantitative estimate of drug-likeness (QED) is 0.362. The Morgan fingerprint density at radius 1 is 1.42 bits per heavy atom. The van der Waals surface area contributed by atoms with Crippen LogP contribution in [0.4, 0.5) is 0 Å². The van der Waals surface area contributed by atoms with E-state index in [1.54, 1.807) is 0 Å². The third-order valence-corrected chi connectivity index (χ3v) is 3.02. The summed E-state index contributed by atoms with van der Waals surface area (Å²) in [5.41, 5.74) is 1.33. The molecule has 0 saturated heterocycles. The molecule has 0 aliphatic rings. The van der Waals surface area contributed by atoms with Gasteiger partial charge < -0.3 is 4.43 Å². The van der Waals surface area contributed by atoms with Gasteiger partial charge in [-0.25, -0.2) is 0 Å². The average Bonchev–Trinajstić information content (AvgIpc) is 1.98. The molecule has 0 saturated carbocycles. The molecule has 0 aromatic carbocycles. The van der Waals surface area contributed by atoms with Gasteiger partial charge in [0.05, 0.1) is 6.61 Å². The predicted octanol–water partition coefficient (Wildman–Crippen LogP) is 3.20. The van der Waals surface area contributed by atoms with Crippen molar-refractivity contribution in [2.45, 2.75) is 46.1 Å². The molecule has 2 radical (unpaired) electrons. The molecule has 0 unspecified atom stereocenters. The Morgan fingerprint density at radius 2 is 2.00 bits per heavy atom. The lowest BCUT2D eigenvalue weighted by atomic mass is 10.1. The first-order chi connectivity index (χ1) is 5.48. The van der Waals surface area contributed by atoms with Crippen LogP contribution in [0.2, 0.25) is 5.04 Å². The van der Waals surface area contributed by atoms with Crippen molar-refractivity contribution in [2.24, 2.45) is 0 Å². The lowest BCUT2D eigenvalue weighted by Crippen LogP contribution is -2.15. The Hall–Kier alpha value is -0.0831. The van der Waals surface area contributed by atoms with Crippen molar-refractivity contribution < 1.29 is 4.43 Å². The topological polar surface area (TPSA) is 9.23 Å². The van der Waals surface area contributed by atoms with Crippen molar-refractivity contribution in [3.05, 3.63) is 11.6 Å². The highest BCUT2D eigenvalue weighted by molar-refractivity contribution is 6.31. The molecule has 0 spiro atoms. The molecule has 0 aromatic heterocycles. The van der Waals surface area contributed by atoms with Crippen LogP contribution in [0, 0.1) is 0 Å². The molecule has 0 rings (SSSR count). The molecule has 2 heteroatoms. The summed E-state index contributed by atoms with van der Waals surface area (Å²) in [7, 11) is 0.614. The minimum absolute atomic E-state index is 0.357. The number of hydrogen-bond donors (Lipinski definition) is 0. The second kappa shape index (κ2) is 5.54. The van der Waals surface area contributed by atoms with Gasteiger partial charge in [0, 0.05) is 0 Å². The SMILES string of the molecule is CCC(C)(C)[Si]OCC=C(C)C. The van der Waals surface area contributed by atoms with Gasteiger partial charge in [0.25, 0.3) is 0 Å². The van der Waals surface area contributed by atoms with Crippen molar-refractivity contribution in [3.8, 4) is 0 Å². The van der Waals surface area contributed by atoms with Crippen molar-refractivity contribution in [1.29, 1.82) is 0 Å². The average molecular weight is 184 g/mol. The van der Waals surface area contributed by atoms with E-state index >= 15 is 0 Å². The molecule has 1 nitrogen and oxygen atoms in total. The molecule has 0 atom stereocenters. The summed E-state index contributed by atoms with van der Waals surface area (Å²) in [5, 5.41) is 0.357. The molecular formula is C10H20OSi. The van der Waals surface area contributed by atoms with E-state index in [9.17, 15) is 0 Å². The van der Waals surface area contributed by atoms with Crippen LogP contribution in [0.25, 0.3) is 0 Å². The molecule has 0 amide bonds. The summed E-state index contributed by atoms with van der Waals surface area (Å²) in [6.45, 7) is 11.7. The molecule has 70 valence electrons. The van der Waals surface area contributed by atoms with Gasteiger partial charge in [-0.15, -0.1) is 0 Å². The Balaban J connectivity index is 3.50. The maximum absolute atomic E-state index is 5.55. The maximum Gasteiger partial charge on any atom is 0.236 e. The third kappa shape index (κ3) is 6.62. The molecule has 0 aliphatic carbocycles. The smallest absolute Gasteiger partial charge is 0.236 e. The van der Waals surface area contributed by atoms with E-state index in [4.69, 9.17) is 4.43 Å². The number of allylic oxidation sites excluding steroid dienone is 1. The van der Waals surface area contributed by atoms with Crippen LogP contribution in [0.1, 0.15) is 41.0 Å². The second-order valence-corrected chi connectivity index (χ2v) is 5.78. The first-order valence-corrected chi connectivity index (χ1v) is 5.41. The molecule has 0 heterocycles. The molecule has 0 fully saturated rings. The van der Waals surface area contributed by atoms with Crippen LogP contribution in [0.3, 0.4) is 0 Å². The monoisotopic (exact) mass is 184 g/mol. The van der Waals surface area contributed by atoms with Gasteiger partial charge in [-0.3, -0.25) is 0 Å². The van der Waals surface area contributed by atoms with Crippen molar-refractivity contribution in [3.63, 3.8) is 0 Å². The molecule has 0 aromatic rings. The molecular weight excluding hydrogens is 164 g/mol. The summed E-state index contributed by atoms with van der Waals surface area (Å²) in [6, 6.07) is 0. The second-order valence-electron chi connectivity index (χ2n) is 3.93. The summed E-state index contributed by atoms with van der Waals surface area (Å²) < 4.78 is 5.55. The van der Waals surface area contributed by atoms with Gasteiger partial charge in [-0.1, -0.05) is 38.8 Å².